The van der Waals surface area contributed by atoms with Crippen LogP contribution in [0.4, 0.5) is 0 Å². The fourth-order valence-corrected chi connectivity index (χ4v) is 1.48. The van der Waals surface area contributed by atoms with Gasteiger partial charge in [0.15, 0.2) is 6.29 Å². The molecular weight excluding hydrogens is 164 g/mol. The van der Waals surface area contributed by atoms with Gasteiger partial charge in [0.05, 0.1) is 0 Å². The van der Waals surface area contributed by atoms with Gasteiger partial charge >= 0.3 is 0 Å². The summed E-state index contributed by atoms with van der Waals surface area (Å²) in [5.41, 5.74) is 1.59. The highest BCUT2D eigenvalue weighted by molar-refractivity contribution is 5.95. The van der Waals surface area contributed by atoms with Crippen LogP contribution in [0.5, 0.6) is 0 Å². The molecule has 2 heterocycles. The second-order valence-corrected chi connectivity index (χ2v) is 2.86. The van der Waals surface area contributed by atoms with Gasteiger partial charge in [-0.05, 0) is 19.1 Å². The minimum absolute atomic E-state index is 0.713. The van der Waals surface area contributed by atoms with E-state index in [1.165, 1.54) is 0 Å². The monoisotopic (exact) mass is 174 g/mol. The van der Waals surface area contributed by atoms with E-state index in [0.717, 1.165) is 23.9 Å². The summed E-state index contributed by atoms with van der Waals surface area (Å²) >= 11 is 0. The molecule has 0 saturated carbocycles. The molecule has 0 spiro atoms. The topological polar surface area (TPSA) is 34.9 Å². The molecule has 13 heavy (non-hydrogen) atoms. The zero-order valence-corrected chi connectivity index (χ0v) is 7.40. The molecule has 0 bridgehead atoms. The van der Waals surface area contributed by atoms with Crippen molar-refractivity contribution in [3.8, 4) is 0 Å². The number of hydrogen-bond donors (Lipinski definition) is 0. The molecule has 0 aliphatic carbocycles. The summed E-state index contributed by atoms with van der Waals surface area (Å²) in [5, 5.41) is 0.930. The van der Waals surface area contributed by atoms with Crippen molar-refractivity contribution in [3.05, 3.63) is 30.1 Å². The molecule has 2 aromatic rings. The van der Waals surface area contributed by atoms with E-state index in [-0.39, 0.29) is 0 Å². The van der Waals surface area contributed by atoms with Crippen molar-refractivity contribution in [1.29, 1.82) is 0 Å². The Morgan fingerprint density at radius 3 is 3.15 bits per heavy atom. The van der Waals surface area contributed by atoms with Crippen LogP contribution in [0, 0.1) is 0 Å². The molecule has 0 aliphatic heterocycles. The highest BCUT2D eigenvalue weighted by atomic mass is 16.1. The maximum absolute atomic E-state index is 10.7. The van der Waals surface area contributed by atoms with E-state index in [4.69, 9.17) is 0 Å². The quantitative estimate of drug-likeness (QED) is 0.651. The molecule has 0 saturated heterocycles. The molecule has 0 N–H and O–H groups in total. The third-order valence-electron chi connectivity index (χ3n) is 2.13. The van der Waals surface area contributed by atoms with Gasteiger partial charge in [-0.1, -0.05) is 0 Å². The van der Waals surface area contributed by atoms with Gasteiger partial charge in [0, 0.05) is 29.9 Å². The minimum Gasteiger partial charge on any atom is -0.332 e. The van der Waals surface area contributed by atoms with Crippen LogP contribution in [0.15, 0.2) is 24.5 Å². The van der Waals surface area contributed by atoms with Crippen LogP contribution < -0.4 is 0 Å². The number of aldehydes is 1. The second-order valence-electron chi connectivity index (χ2n) is 2.86. The van der Waals surface area contributed by atoms with Gasteiger partial charge in [-0.25, -0.2) is 4.98 Å². The first kappa shape index (κ1) is 7.98. The standard InChI is InChI=1S/C10H10N2O/c1-2-12-6-8(7-13)9-4-3-5-11-10(9)12/h3-7H,2H2,1H3. The Labute approximate surface area is 76.0 Å². The maximum Gasteiger partial charge on any atom is 0.152 e. The summed E-state index contributed by atoms with van der Waals surface area (Å²) in [4.78, 5) is 14.9. The third-order valence-corrected chi connectivity index (χ3v) is 2.13. The molecule has 2 aromatic heterocycles. The van der Waals surface area contributed by atoms with E-state index < -0.39 is 0 Å². The minimum atomic E-state index is 0.713. The van der Waals surface area contributed by atoms with Gasteiger partial charge in [0.2, 0.25) is 0 Å². The molecule has 0 unspecified atom stereocenters. The predicted octanol–water partition coefficient (Wildman–Crippen LogP) is 1.87. The Morgan fingerprint density at radius 2 is 2.46 bits per heavy atom. The number of aromatic nitrogens is 2. The molecule has 0 amide bonds. The van der Waals surface area contributed by atoms with Crippen molar-refractivity contribution in [2.75, 3.05) is 0 Å². The number of carbonyl (C=O) groups excluding carboxylic acids is 1. The number of pyridine rings is 1. The summed E-state index contributed by atoms with van der Waals surface area (Å²) in [5.74, 6) is 0. The van der Waals surface area contributed by atoms with E-state index in [1.807, 2.05) is 29.8 Å². The summed E-state index contributed by atoms with van der Waals surface area (Å²) in [6.07, 6.45) is 4.45. The van der Waals surface area contributed by atoms with Crippen LogP contribution in [-0.4, -0.2) is 15.8 Å². The first-order chi connectivity index (χ1) is 6.36. The molecule has 3 heteroatoms. The fourth-order valence-electron chi connectivity index (χ4n) is 1.48. The van der Waals surface area contributed by atoms with Gasteiger partial charge in [-0.3, -0.25) is 4.79 Å². The highest BCUT2D eigenvalue weighted by Gasteiger charge is 2.05. The summed E-state index contributed by atoms with van der Waals surface area (Å²) in [6, 6.07) is 3.76. The summed E-state index contributed by atoms with van der Waals surface area (Å²) in [7, 11) is 0. The van der Waals surface area contributed by atoms with Crippen LogP contribution in [0.25, 0.3) is 11.0 Å². The molecule has 66 valence electrons. The number of hydrogen-bond acceptors (Lipinski definition) is 2. The first-order valence-corrected chi connectivity index (χ1v) is 4.26. The lowest BCUT2D eigenvalue weighted by molar-refractivity contribution is 0.112. The van der Waals surface area contributed by atoms with E-state index in [1.54, 1.807) is 6.20 Å². The van der Waals surface area contributed by atoms with E-state index >= 15 is 0 Å². The second kappa shape index (κ2) is 3.01. The summed E-state index contributed by atoms with van der Waals surface area (Å²) in [6.45, 7) is 2.87. The van der Waals surface area contributed by atoms with Crippen molar-refractivity contribution in [3.63, 3.8) is 0 Å². The van der Waals surface area contributed by atoms with Crippen molar-refractivity contribution >= 4 is 17.3 Å². The van der Waals surface area contributed by atoms with Gasteiger partial charge < -0.3 is 4.57 Å². The van der Waals surface area contributed by atoms with Crippen molar-refractivity contribution in [2.24, 2.45) is 0 Å². The van der Waals surface area contributed by atoms with Gasteiger partial charge in [-0.15, -0.1) is 0 Å². The number of aryl methyl sites for hydroxylation is 1. The Bertz CT molecular complexity index is 445. The molecule has 0 fully saturated rings. The fraction of sp³-hybridized carbons (Fsp3) is 0.200. The smallest absolute Gasteiger partial charge is 0.152 e. The Hall–Kier alpha value is -1.64. The van der Waals surface area contributed by atoms with Gasteiger partial charge in [0.25, 0.3) is 0 Å². The third kappa shape index (κ3) is 1.13. The Morgan fingerprint density at radius 1 is 1.62 bits per heavy atom. The van der Waals surface area contributed by atoms with Crippen molar-refractivity contribution in [2.45, 2.75) is 13.5 Å². The molecule has 2 rings (SSSR count). The van der Waals surface area contributed by atoms with Crippen LogP contribution in [0.3, 0.4) is 0 Å². The zero-order valence-electron chi connectivity index (χ0n) is 7.40. The highest BCUT2D eigenvalue weighted by Crippen LogP contribution is 2.16. The molecular formula is C10H10N2O. The average molecular weight is 174 g/mol. The SMILES string of the molecule is CCn1cc(C=O)c2cccnc21. The summed E-state index contributed by atoms with van der Waals surface area (Å²) < 4.78 is 1.97. The molecule has 0 atom stereocenters. The van der Waals surface area contributed by atoms with E-state index in [0.29, 0.717) is 5.56 Å². The largest absolute Gasteiger partial charge is 0.332 e. The number of fused-ring (bicyclic) bond motifs is 1. The zero-order chi connectivity index (χ0) is 9.26. The van der Waals surface area contributed by atoms with Crippen molar-refractivity contribution in [1.82, 2.24) is 9.55 Å². The maximum atomic E-state index is 10.7. The Kier molecular flexibility index (Phi) is 1.85. The van der Waals surface area contributed by atoms with E-state index in [2.05, 4.69) is 4.98 Å². The lowest BCUT2D eigenvalue weighted by atomic mass is 10.2. The average Bonchev–Trinajstić information content (AvgIpc) is 2.56. The Balaban J connectivity index is 2.81. The van der Waals surface area contributed by atoms with Gasteiger partial charge in [0.1, 0.15) is 5.65 Å². The van der Waals surface area contributed by atoms with Crippen LogP contribution in [0.2, 0.25) is 0 Å². The molecule has 3 nitrogen and oxygen atoms in total. The normalized spacial score (nSPS) is 10.5. The van der Waals surface area contributed by atoms with E-state index in [9.17, 15) is 4.79 Å². The number of nitrogens with zero attached hydrogens (tertiary/aromatic N) is 2. The molecule has 0 radical (unpaired) electrons. The molecule has 0 aromatic carbocycles. The van der Waals surface area contributed by atoms with Crippen LogP contribution in [-0.2, 0) is 6.54 Å². The number of rotatable bonds is 2. The van der Waals surface area contributed by atoms with Crippen molar-refractivity contribution < 1.29 is 4.79 Å². The predicted molar refractivity (Wildman–Crippen MR) is 50.8 cm³/mol. The lowest BCUT2D eigenvalue weighted by Gasteiger charge is -1.96. The van der Waals surface area contributed by atoms with Crippen LogP contribution in [0.1, 0.15) is 17.3 Å². The van der Waals surface area contributed by atoms with Crippen LogP contribution >= 0.6 is 0 Å². The number of carbonyl (C=O) groups is 1. The lowest BCUT2D eigenvalue weighted by Crippen LogP contribution is -1.91. The first-order valence-electron chi connectivity index (χ1n) is 4.26. The van der Waals surface area contributed by atoms with Gasteiger partial charge in [-0.2, -0.15) is 0 Å². The molecule has 0 aliphatic rings.